The first kappa shape index (κ1) is 15.5. The van der Waals surface area contributed by atoms with Gasteiger partial charge in [-0.05, 0) is 46.2 Å². The quantitative estimate of drug-likeness (QED) is 0.874. The van der Waals surface area contributed by atoms with Gasteiger partial charge in [0.1, 0.15) is 0 Å². The number of nitrogens with two attached hydrogens (primary N) is 1. The summed E-state index contributed by atoms with van der Waals surface area (Å²) in [7, 11) is -1.39. The molecule has 20 heavy (non-hydrogen) atoms. The molecule has 0 bridgehead atoms. The summed E-state index contributed by atoms with van der Waals surface area (Å²) in [5, 5.41) is 9.54. The molecule has 0 radical (unpaired) electrons. The molecule has 1 fully saturated rings. The Kier molecular flexibility index (Phi) is 4.51. The highest BCUT2D eigenvalue weighted by atomic mass is 32.2. The van der Waals surface area contributed by atoms with Gasteiger partial charge in [-0.1, -0.05) is 0 Å². The molecule has 0 saturated carbocycles. The predicted octanol–water partition coefficient (Wildman–Crippen LogP) is 0.852. The van der Waals surface area contributed by atoms with Crippen LogP contribution in [0.2, 0.25) is 0 Å². The lowest BCUT2D eigenvalue weighted by Crippen LogP contribution is -2.27. The van der Waals surface area contributed by atoms with Crippen molar-refractivity contribution < 1.29 is 8.42 Å². The fourth-order valence-corrected chi connectivity index (χ4v) is 3.69. The number of primary sulfonamides is 1. The van der Waals surface area contributed by atoms with E-state index in [0.29, 0.717) is 12.5 Å². The molecule has 1 unspecified atom stereocenters. The number of hydrogen-bond donors (Lipinski definition) is 1. The third-order valence-electron chi connectivity index (χ3n) is 4.14. The fraction of sp³-hybridized carbons (Fsp3) is 0.769. The molecule has 1 aliphatic rings. The van der Waals surface area contributed by atoms with Crippen LogP contribution >= 0.6 is 0 Å². The maximum Gasteiger partial charge on any atom is 0.209 e. The van der Waals surface area contributed by atoms with Crippen molar-refractivity contribution in [2.24, 2.45) is 12.2 Å². The monoisotopic (exact) mass is 300 g/mol. The molecule has 0 aliphatic carbocycles. The van der Waals surface area contributed by atoms with E-state index >= 15 is 0 Å². The van der Waals surface area contributed by atoms with E-state index in [1.807, 2.05) is 18.7 Å². The lowest BCUT2D eigenvalue weighted by Gasteiger charge is -2.25. The lowest BCUT2D eigenvalue weighted by atomic mass is 10.0. The molecular weight excluding hydrogens is 276 g/mol. The molecule has 0 aromatic carbocycles. The zero-order chi connectivity index (χ0) is 14.9. The topological polar surface area (TPSA) is 81.2 Å². The standard InChI is InChI=1S/C13H24N4O2S/c1-10-13(11(2)16(3)15-10)12-6-4-7-17(12)8-5-9-20(14,18)19/h12H,4-9H2,1-3H3,(H2,14,18,19). The van der Waals surface area contributed by atoms with Crippen molar-refractivity contribution in [3.8, 4) is 0 Å². The van der Waals surface area contributed by atoms with Crippen molar-refractivity contribution in [3.63, 3.8) is 0 Å². The van der Waals surface area contributed by atoms with Gasteiger partial charge in [-0.2, -0.15) is 5.10 Å². The zero-order valence-corrected chi connectivity index (χ0v) is 13.3. The van der Waals surface area contributed by atoms with Crippen LogP contribution in [0.25, 0.3) is 0 Å². The van der Waals surface area contributed by atoms with Gasteiger partial charge < -0.3 is 0 Å². The zero-order valence-electron chi connectivity index (χ0n) is 12.5. The van der Waals surface area contributed by atoms with Crippen molar-refractivity contribution in [1.82, 2.24) is 14.7 Å². The van der Waals surface area contributed by atoms with Gasteiger partial charge in [0.2, 0.25) is 10.0 Å². The molecule has 0 amide bonds. The van der Waals surface area contributed by atoms with Crippen LogP contribution in [0.1, 0.15) is 42.3 Å². The van der Waals surface area contributed by atoms with Crippen molar-refractivity contribution in [3.05, 3.63) is 17.0 Å². The first-order valence-electron chi connectivity index (χ1n) is 7.04. The average molecular weight is 300 g/mol. The summed E-state index contributed by atoms with van der Waals surface area (Å²) < 4.78 is 24.0. The number of aromatic nitrogens is 2. The molecular formula is C13H24N4O2S. The van der Waals surface area contributed by atoms with E-state index in [9.17, 15) is 8.42 Å². The van der Waals surface area contributed by atoms with Gasteiger partial charge >= 0.3 is 0 Å². The smallest absolute Gasteiger partial charge is 0.209 e. The van der Waals surface area contributed by atoms with Crippen LogP contribution in [0.5, 0.6) is 0 Å². The number of sulfonamides is 1. The van der Waals surface area contributed by atoms with Gasteiger partial charge in [0.25, 0.3) is 0 Å². The second kappa shape index (κ2) is 5.83. The summed E-state index contributed by atoms with van der Waals surface area (Å²) in [6.07, 6.45) is 2.85. The third-order valence-corrected chi connectivity index (χ3v) is 4.99. The van der Waals surface area contributed by atoms with Crippen LogP contribution in [0.15, 0.2) is 0 Å². The molecule has 1 aromatic rings. The minimum Gasteiger partial charge on any atom is -0.296 e. The van der Waals surface area contributed by atoms with Crippen LogP contribution in [-0.4, -0.2) is 41.9 Å². The molecule has 2 heterocycles. The minimum absolute atomic E-state index is 0.0568. The molecule has 2 rings (SSSR count). The molecule has 1 aliphatic heterocycles. The molecule has 2 N–H and O–H groups in total. The highest BCUT2D eigenvalue weighted by molar-refractivity contribution is 7.89. The highest BCUT2D eigenvalue weighted by Gasteiger charge is 2.29. The molecule has 1 atom stereocenters. The highest BCUT2D eigenvalue weighted by Crippen LogP contribution is 2.35. The Morgan fingerprint density at radius 3 is 2.65 bits per heavy atom. The van der Waals surface area contributed by atoms with Crippen LogP contribution in [-0.2, 0) is 17.1 Å². The van der Waals surface area contributed by atoms with E-state index in [4.69, 9.17) is 5.14 Å². The first-order valence-corrected chi connectivity index (χ1v) is 8.76. The second-order valence-electron chi connectivity index (χ2n) is 5.62. The molecule has 1 aromatic heterocycles. The van der Waals surface area contributed by atoms with Crippen LogP contribution in [0.4, 0.5) is 0 Å². The maximum absolute atomic E-state index is 11.0. The van der Waals surface area contributed by atoms with Crippen molar-refractivity contribution in [2.75, 3.05) is 18.8 Å². The fourth-order valence-electron chi connectivity index (χ4n) is 3.16. The Morgan fingerprint density at radius 2 is 2.10 bits per heavy atom. The Morgan fingerprint density at radius 1 is 1.40 bits per heavy atom. The van der Waals surface area contributed by atoms with E-state index in [0.717, 1.165) is 31.6 Å². The van der Waals surface area contributed by atoms with E-state index in [1.54, 1.807) is 0 Å². The van der Waals surface area contributed by atoms with Crippen molar-refractivity contribution in [2.45, 2.75) is 39.2 Å². The summed E-state index contributed by atoms with van der Waals surface area (Å²) in [5.74, 6) is 0.0568. The maximum atomic E-state index is 11.0. The molecule has 1 saturated heterocycles. The Hall–Kier alpha value is -0.920. The van der Waals surface area contributed by atoms with Crippen LogP contribution in [0, 0.1) is 13.8 Å². The molecule has 7 heteroatoms. The van der Waals surface area contributed by atoms with Crippen molar-refractivity contribution in [1.29, 1.82) is 0 Å². The number of hydrogen-bond acceptors (Lipinski definition) is 4. The number of nitrogens with zero attached hydrogens (tertiary/aromatic N) is 3. The van der Waals surface area contributed by atoms with E-state index in [2.05, 4.69) is 16.9 Å². The van der Waals surface area contributed by atoms with Crippen LogP contribution < -0.4 is 5.14 Å². The minimum atomic E-state index is -3.35. The summed E-state index contributed by atoms with van der Waals surface area (Å²) in [6, 6.07) is 0.365. The number of aryl methyl sites for hydroxylation is 2. The summed E-state index contributed by atoms with van der Waals surface area (Å²) in [5.41, 5.74) is 3.58. The molecule has 0 spiro atoms. The van der Waals surface area contributed by atoms with Crippen molar-refractivity contribution >= 4 is 10.0 Å². The Labute approximate surface area is 121 Å². The van der Waals surface area contributed by atoms with Gasteiger partial charge in [0.05, 0.1) is 11.4 Å². The summed E-state index contributed by atoms with van der Waals surface area (Å²) in [4.78, 5) is 2.36. The number of rotatable bonds is 5. The Bertz CT molecular complexity index is 579. The van der Waals surface area contributed by atoms with E-state index < -0.39 is 10.0 Å². The third kappa shape index (κ3) is 3.39. The van der Waals surface area contributed by atoms with Gasteiger partial charge in [-0.3, -0.25) is 9.58 Å². The van der Waals surface area contributed by atoms with Crippen LogP contribution in [0.3, 0.4) is 0 Å². The lowest BCUT2D eigenvalue weighted by molar-refractivity contribution is 0.256. The summed E-state index contributed by atoms with van der Waals surface area (Å²) >= 11 is 0. The van der Waals surface area contributed by atoms with E-state index in [-0.39, 0.29) is 5.75 Å². The van der Waals surface area contributed by atoms with Gasteiger partial charge in [0, 0.05) is 24.3 Å². The summed E-state index contributed by atoms with van der Waals surface area (Å²) in [6.45, 7) is 5.93. The largest absolute Gasteiger partial charge is 0.296 e. The SMILES string of the molecule is Cc1nn(C)c(C)c1C1CCCN1CCCS(N)(=O)=O. The first-order chi connectivity index (χ1) is 9.29. The van der Waals surface area contributed by atoms with Gasteiger partial charge in [0.15, 0.2) is 0 Å². The Balaban J connectivity index is 2.07. The van der Waals surface area contributed by atoms with E-state index in [1.165, 1.54) is 11.3 Å². The number of likely N-dealkylation sites (tertiary alicyclic amines) is 1. The van der Waals surface area contributed by atoms with Gasteiger partial charge in [-0.25, -0.2) is 13.6 Å². The second-order valence-corrected chi connectivity index (χ2v) is 7.36. The molecule has 6 nitrogen and oxygen atoms in total. The normalized spacial score (nSPS) is 20.7. The predicted molar refractivity (Wildman–Crippen MR) is 78.8 cm³/mol. The van der Waals surface area contributed by atoms with Gasteiger partial charge in [-0.15, -0.1) is 0 Å². The average Bonchev–Trinajstić information content (AvgIpc) is 2.84. The molecule has 114 valence electrons.